The van der Waals surface area contributed by atoms with E-state index in [1.54, 1.807) is 0 Å². The predicted molar refractivity (Wildman–Crippen MR) is 78.4 cm³/mol. The molecule has 0 radical (unpaired) electrons. The first-order chi connectivity index (χ1) is 9.33. The van der Waals surface area contributed by atoms with E-state index in [4.69, 9.17) is 4.74 Å². The van der Waals surface area contributed by atoms with Crippen molar-refractivity contribution in [3.8, 4) is 0 Å². The number of hydrogen-bond acceptors (Lipinski definition) is 4. The van der Waals surface area contributed by atoms with Crippen LogP contribution in [-0.2, 0) is 11.8 Å². The van der Waals surface area contributed by atoms with Crippen molar-refractivity contribution in [1.82, 2.24) is 15.1 Å². The van der Waals surface area contributed by atoms with Crippen molar-refractivity contribution in [2.45, 2.75) is 31.4 Å². The quantitative estimate of drug-likeness (QED) is 0.916. The van der Waals surface area contributed by atoms with Crippen LogP contribution in [0.25, 0.3) is 0 Å². The van der Waals surface area contributed by atoms with E-state index in [9.17, 15) is 0 Å². The number of nitrogens with zero attached hydrogens (tertiary/aromatic N) is 2. The van der Waals surface area contributed by atoms with Crippen molar-refractivity contribution in [1.29, 1.82) is 0 Å². The molecule has 1 aromatic heterocycles. The van der Waals surface area contributed by atoms with Crippen LogP contribution in [0.1, 0.15) is 30.9 Å². The maximum absolute atomic E-state index is 5.91. The van der Waals surface area contributed by atoms with Gasteiger partial charge in [0.1, 0.15) is 0 Å². The van der Waals surface area contributed by atoms with Crippen LogP contribution in [0.2, 0.25) is 0 Å². The smallest absolute Gasteiger partial charge is 0.0896 e. The zero-order valence-corrected chi connectivity index (χ0v) is 12.4. The third kappa shape index (κ3) is 3.33. The first-order valence-corrected chi connectivity index (χ1v) is 8.39. The normalized spacial score (nSPS) is 28.9. The fourth-order valence-corrected chi connectivity index (χ4v) is 4.12. The fourth-order valence-electron chi connectivity index (χ4n) is 3.02. The van der Waals surface area contributed by atoms with Crippen molar-refractivity contribution in [3.05, 3.63) is 18.0 Å². The van der Waals surface area contributed by atoms with Gasteiger partial charge in [-0.2, -0.15) is 16.9 Å². The first-order valence-electron chi connectivity index (χ1n) is 7.24. The van der Waals surface area contributed by atoms with Crippen LogP contribution < -0.4 is 5.32 Å². The van der Waals surface area contributed by atoms with Crippen LogP contribution in [0.5, 0.6) is 0 Å². The Morgan fingerprint density at radius 3 is 3.00 bits per heavy atom. The summed E-state index contributed by atoms with van der Waals surface area (Å²) in [6, 6.07) is 0.719. The van der Waals surface area contributed by atoms with Crippen molar-refractivity contribution in [2.24, 2.45) is 13.0 Å². The second-order valence-electron chi connectivity index (χ2n) is 5.58. The number of thioether (sulfide) groups is 1. The Morgan fingerprint density at radius 2 is 2.26 bits per heavy atom. The molecule has 2 aliphatic heterocycles. The lowest BCUT2D eigenvalue weighted by atomic mass is 9.96. The van der Waals surface area contributed by atoms with E-state index < -0.39 is 0 Å². The Kier molecular flexibility index (Phi) is 4.45. The predicted octanol–water partition coefficient (Wildman–Crippen LogP) is 1.98. The van der Waals surface area contributed by atoms with E-state index in [1.165, 1.54) is 29.9 Å². The molecule has 106 valence electrons. The fraction of sp³-hybridized carbons (Fsp3) is 0.786. The molecule has 2 fully saturated rings. The summed E-state index contributed by atoms with van der Waals surface area (Å²) in [6.45, 7) is 1.96. The number of aryl methyl sites for hydroxylation is 1. The minimum absolute atomic E-state index is 0.235. The van der Waals surface area contributed by atoms with Gasteiger partial charge in [0.25, 0.3) is 0 Å². The Morgan fingerprint density at radius 1 is 1.42 bits per heavy atom. The van der Waals surface area contributed by atoms with Crippen molar-refractivity contribution in [3.63, 3.8) is 0 Å². The maximum atomic E-state index is 5.91. The summed E-state index contributed by atoms with van der Waals surface area (Å²) in [5.74, 6) is 3.22. The lowest BCUT2D eigenvalue weighted by Gasteiger charge is -2.25. The molecule has 0 unspecified atom stereocenters. The van der Waals surface area contributed by atoms with Gasteiger partial charge < -0.3 is 10.1 Å². The van der Waals surface area contributed by atoms with Crippen LogP contribution in [0, 0.1) is 5.92 Å². The molecule has 0 aliphatic carbocycles. The monoisotopic (exact) mass is 281 g/mol. The van der Waals surface area contributed by atoms with Gasteiger partial charge in [0.2, 0.25) is 0 Å². The molecule has 3 heterocycles. The van der Waals surface area contributed by atoms with Gasteiger partial charge in [-0.05, 0) is 30.8 Å². The molecule has 0 saturated carbocycles. The maximum Gasteiger partial charge on any atom is 0.0896 e. The van der Waals surface area contributed by atoms with Gasteiger partial charge in [0.15, 0.2) is 0 Å². The third-order valence-corrected chi connectivity index (χ3v) is 5.21. The Hall–Kier alpha value is -0.520. The molecule has 0 amide bonds. The average Bonchev–Trinajstić information content (AvgIpc) is 3.06. The Balaban J connectivity index is 1.54. The summed E-state index contributed by atoms with van der Waals surface area (Å²) in [4.78, 5) is 0. The second kappa shape index (κ2) is 6.29. The molecule has 0 spiro atoms. The topological polar surface area (TPSA) is 39.1 Å². The van der Waals surface area contributed by atoms with Crippen LogP contribution in [0.4, 0.5) is 0 Å². The summed E-state index contributed by atoms with van der Waals surface area (Å²) in [6.07, 6.45) is 8.05. The summed E-state index contributed by atoms with van der Waals surface area (Å²) < 4.78 is 7.77. The molecular weight excluding hydrogens is 258 g/mol. The van der Waals surface area contributed by atoms with Gasteiger partial charge >= 0.3 is 0 Å². The Bertz CT molecular complexity index is 403. The highest BCUT2D eigenvalue weighted by Gasteiger charge is 2.30. The molecule has 0 bridgehead atoms. The molecule has 19 heavy (non-hydrogen) atoms. The van der Waals surface area contributed by atoms with E-state index in [1.807, 2.05) is 17.9 Å². The molecule has 2 aliphatic rings. The first kappa shape index (κ1) is 13.5. The van der Waals surface area contributed by atoms with Crippen LogP contribution in [-0.4, -0.2) is 40.5 Å². The number of hydrogen-bond donors (Lipinski definition) is 1. The van der Waals surface area contributed by atoms with Crippen molar-refractivity contribution < 1.29 is 4.74 Å². The molecule has 4 nitrogen and oxygen atoms in total. The zero-order chi connectivity index (χ0) is 13.1. The molecule has 2 atom stereocenters. The summed E-state index contributed by atoms with van der Waals surface area (Å²) in [5, 5.41) is 8.01. The highest BCUT2D eigenvalue weighted by Crippen LogP contribution is 2.34. The second-order valence-corrected chi connectivity index (χ2v) is 6.81. The van der Waals surface area contributed by atoms with Crippen molar-refractivity contribution >= 4 is 11.8 Å². The Labute approximate surface area is 119 Å². The summed E-state index contributed by atoms with van der Waals surface area (Å²) in [7, 11) is 1.96. The summed E-state index contributed by atoms with van der Waals surface area (Å²) >= 11 is 2.08. The SMILES string of the molecule is Cn1cc([C@@H]2OCC[C@@H]2CNC2CCSCC2)cn1. The van der Waals surface area contributed by atoms with E-state index in [2.05, 4.69) is 28.4 Å². The minimum Gasteiger partial charge on any atom is -0.373 e. The van der Waals surface area contributed by atoms with Gasteiger partial charge in [-0.3, -0.25) is 4.68 Å². The van der Waals surface area contributed by atoms with Gasteiger partial charge in [-0.25, -0.2) is 0 Å². The number of aromatic nitrogens is 2. The van der Waals surface area contributed by atoms with Gasteiger partial charge in [-0.1, -0.05) is 0 Å². The standard InChI is InChI=1S/C14H23N3OS/c1-17-10-12(9-16-17)14-11(2-5-18-14)8-15-13-3-6-19-7-4-13/h9-11,13-15H,2-8H2,1H3/t11-,14-/m1/s1. The lowest BCUT2D eigenvalue weighted by Crippen LogP contribution is -2.36. The van der Waals surface area contributed by atoms with Gasteiger partial charge in [0, 0.05) is 43.9 Å². The molecule has 1 aromatic rings. The molecule has 3 rings (SSSR count). The number of rotatable bonds is 4. The van der Waals surface area contributed by atoms with Gasteiger partial charge in [0.05, 0.1) is 12.3 Å². The van der Waals surface area contributed by atoms with E-state index >= 15 is 0 Å². The third-order valence-electron chi connectivity index (χ3n) is 4.16. The number of ether oxygens (including phenoxy) is 1. The lowest BCUT2D eigenvalue weighted by molar-refractivity contribution is 0.0896. The summed E-state index contributed by atoms with van der Waals surface area (Å²) in [5.41, 5.74) is 1.23. The van der Waals surface area contributed by atoms with E-state index in [0.717, 1.165) is 25.6 Å². The highest BCUT2D eigenvalue weighted by atomic mass is 32.2. The van der Waals surface area contributed by atoms with Crippen LogP contribution >= 0.6 is 11.8 Å². The van der Waals surface area contributed by atoms with Crippen molar-refractivity contribution in [2.75, 3.05) is 24.7 Å². The van der Waals surface area contributed by atoms with Crippen LogP contribution in [0.3, 0.4) is 0 Å². The molecular formula is C14H23N3OS. The minimum atomic E-state index is 0.235. The average molecular weight is 281 g/mol. The van der Waals surface area contributed by atoms with Gasteiger partial charge in [-0.15, -0.1) is 0 Å². The van der Waals surface area contributed by atoms with Crippen LogP contribution in [0.15, 0.2) is 12.4 Å². The largest absolute Gasteiger partial charge is 0.373 e. The molecule has 0 aromatic carbocycles. The number of nitrogens with one attached hydrogen (secondary N) is 1. The highest BCUT2D eigenvalue weighted by molar-refractivity contribution is 7.99. The van der Waals surface area contributed by atoms with E-state index in [-0.39, 0.29) is 6.10 Å². The molecule has 2 saturated heterocycles. The molecule has 5 heteroatoms. The van der Waals surface area contributed by atoms with E-state index in [0.29, 0.717) is 5.92 Å². The zero-order valence-electron chi connectivity index (χ0n) is 11.5. The molecule has 1 N–H and O–H groups in total.